The summed E-state index contributed by atoms with van der Waals surface area (Å²) in [7, 11) is 0. The first-order valence-corrected chi connectivity index (χ1v) is 11.1. The summed E-state index contributed by atoms with van der Waals surface area (Å²) < 4.78 is 16.7. The lowest BCUT2D eigenvalue weighted by Crippen LogP contribution is -2.32. The third-order valence-electron chi connectivity index (χ3n) is 5.80. The highest BCUT2D eigenvalue weighted by molar-refractivity contribution is 6.30. The lowest BCUT2D eigenvalue weighted by molar-refractivity contribution is -0.143. The molecule has 4 rings (SSSR count). The van der Waals surface area contributed by atoms with Crippen molar-refractivity contribution in [3.8, 4) is 5.75 Å². The maximum absolute atomic E-state index is 12.6. The molecule has 0 spiro atoms. The summed E-state index contributed by atoms with van der Waals surface area (Å²) >= 11 is 6.12. The van der Waals surface area contributed by atoms with Crippen LogP contribution in [0, 0.1) is 13.8 Å². The van der Waals surface area contributed by atoms with Crippen molar-refractivity contribution in [2.75, 3.05) is 13.3 Å². The number of aryl methyl sites for hydroxylation is 2. The summed E-state index contributed by atoms with van der Waals surface area (Å²) in [5, 5.41) is 1.58. The van der Waals surface area contributed by atoms with Crippen LogP contribution in [0.15, 0.2) is 39.5 Å². The molecule has 1 aliphatic heterocycles. The molecule has 32 heavy (non-hydrogen) atoms. The van der Waals surface area contributed by atoms with Crippen molar-refractivity contribution in [3.63, 3.8) is 0 Å². The summed E-state index contributed by atoms with van der Waals surface area (Å²) in [5.74, 6) is 0.444. The second-order valence-corrected chi connectivity index (χ2v) is 8.49. The molecule has 0 radical (unpaired) electrons. The van der Waals surface area contributed by atoms with E-state index in [1.54, 1.807) is 6.92 Å². The van der Waals surface area contributed by atoms with Gasteiger partial charge in [-0.05, 0) is 56.5 Å². The van der Waals surface area contributed by atoms with E-state index in [4.69, 9.17) is 25.5 Å². The summed E-state index contributed by atoms with van der Waals surface area (Å²) in [5.41, 5.74) is 4.44. The van der Waals surface area contributed by atoms with Crippen molar-refractivity contribution < 1.29 is 18.7 Å². The molecule has 2 heterocycles. The highest BCUT2D eigenvalue weighted by atomic mass is 35.5. The third kappa shape index (κ3) is 4.52. The van der Waals surface area contributed by atoms with Crippen molar-refractivity contribution in [2.24, 2.45) is 0 Å². The molecule has 0 fully saturated rings. The largest absolute Gasteiger partial charge is 0.477 e. The Bertz CT molecular complexity index is 1230. The molecule has 168 valence electrons. The van der Waals surface area contributed by atoms with Crippen LogP contribution in [-0.4, -0.2) is 24.2 Å². The number of hydrogen-bond donors (Lipinski definition) is 0. The van der Waals surface area contributed by atoms with E-state index in [1.165, 1.54) is 0 Å². The molecule has 0 atom stereocenters. The number of carbonyl (C=O) groups is 1. The molecule has 0 amide bonds. The molecule has 0 unspecified atom stereocenters. The number of hydrogen-bond acceptors (Lipinski definition) is 6. The summed E-state index contributed by atoms with van der Waals surface area (Å²) in [6, 6.07) is 9.84. The Labute approximate surface area is 191 Å². The van der Waals surface area contributed by atoms with E-state index < -0.39 is 5.63 Å². The van der Waals surface area contributed by atoms with Gasteiger partial charge in [0.1, 0.15) is 18.1 Å². The Balaban J connectivity index is 1.65. The molecule has 1 aliphatic rings. The second-order valence-electron chi connectivity index (χ2n) is 8.05. The van der Waals surface area contributed by atoms with E-state index in [-0.39, 0.29) is 18.8 Å². The van der Waals surface area contributed by atoms with Gasteiger partial charge in [0.05, 0.1) is 6.61 Å². The van der Waals surface area contributed by atoms with Crippen LogP contribution in [0.5, 0.6) is 5.75 Å². The molecule has 2 aromatic carbocycles. The number of nitrogens with zero attached hydrogens (tertiary/aromatic N) is 1. The van der Waals surface area contributed by atoms with Gasteiger partial charge in [0.15, 0.2) is 0 Å². The first kappa shape index (κ1) is 22.4. The standard InChI is InChI=1S/C25H26ClNO5/c1-4-30-22(28)9-8-20-15(2)21-11-18-13-27(12-17-6-5-7-19(26)10-17)14-31-23(18)16(3)24(21)32-25(20)29/h5-7,10-11H,4,8-9,12-14H2,1-3H3. The minimum Gasteiger partial charge on any atom is -0.477 e. The lowest BCUT2D eigenvalue weighted by atomic mass is 9.97. The van der Waals surface area contributed by atoms with Crippen molar-refractivity contribution in [1.82, 2.24) is 4.90 Å². The van der Waals surface area contributed by atoms with E-state index in [9.17, 15) is 9.59 Å². The molecule has 0 N–H and O–H groups in total. The molecule has 3 aromatic rings. The number of ether oxygens (including phenoxy) is 2. The zero-order chi connectivity index (χ0) is 22.8. The van der Waals surface area contributed by atoms with Gasteiger partial charge < -0.3 is 13.9 Å². The number of carbonyl (C=O) groups excluding carboxylic acids is 1. The van der Waals surface area contributed by atoms with E-state index >= 15 is 0 Å². The summed E-state index contributed by atoms with van der Waals surface area (Å²) in [6.45, 7) is 7.75. The predicted molar refractivity (Wildman–Crippen MR) is 123 cm³/mol. The van der Waals surface area contributed by atoms with Crippen molar-refractivity contribution in [2.45, 2.75) is 46.7 Å². The van der Waals surface area contributed by atoms with E-state index in [0.29, 0.717) is 42.6 Å². The van der Waals surface area contributed by atoms with Gasteiger partial charge in [-0.2, -0.15) is 0 Å². The van der Waals surface area contributed by atoms with Crippen LogP contribution in [0.25, 0.3) is 11.0 Å². The zero-order valence-corrected chi connectivity index (χ0v) is 19.3. The molecular weight excluding hydrogens is 430 g/mol. The van der Waals surface area contributed by atoms with Crippen LogP contribution in [0.2, 0.25) is 5.02 Å². The Morgan fingerprint density at radius 2 is 2.03 bits per heavy atom. The minimum absolute atomic E-state index is 0.144. The first-order chi connectivity index (χ1) is 15.4. The fourth-order valence-electron chi connectivity index (χ4n) is 4.24. The smallest absolute Gasteiger partial charge is 0.339 e. The van der Waals surface area contributed by atoms with Crippen LogP contribution in [0.4, 0.5) is 0 Å². The van der Waals surface area contributed by atoms with Gasteiger partial charge in [0, 0.05) is 46.6 Å². The molecular formula is C25H26ClNO5. The van der Waals surface area contributed by atoms with Gasteiger partial charge in [0.2, 0.25) is 0 Å². The van der Waals surface area contributed by atoms with Gasteiger partial charge in [-0.1, -0.05) is 23.7 Å². The highest BCUT2D eigenvalue weighted by Crippen LogP contribution is 2.36. The molecule has 7 heteroatoms. The minimum atomic E-state index is -0.416. The summed E-state index contributed by atoms with van der Waals surface area (Å²) in [4.78, 5) is 26.6. The summed E-state index contributed by atoms with van der Waals surface area (Å²) in [6.07, 6.45) is 0.432. The van der Waals surface area contributed by atoms with Gasteiger partial charge >= 0.3 is 11.6 Å². The van der Waals surface area contributed by atoms with Crippen molar-refractivity contribution >= 4 is 28.5 Å². The molecule has 6 nitrogen and oxygen atoms in total. The predicted octanol–water partition coefficient (Wildman–Crippen LogP) is 4.91. The number of rotatable bonds is 6. The Morgan fingerprint density at radius 1 is 1.22 bits per heavy atom. The monoisotopic (exact) mass is 455 g/mol. The Kier molecular flexibility index (Phi) is 6.53. The van der Waals surface area contributed by atoms with E-state index in [1.807, 2.05) is 44.2 Å². The number of esters is 1. The van der Waals surface area contributed by atoms with Gasteiger partial charge in [0.25, 0.3) is 0 Å². The van der Waals surface area contributed by atoms with Crippen LogP contribution < -0.4 is 10.4 Å². The quantitative estimate of drug-likeness (QED) is 0.388. The van der Waals surface area contributed by atoms with Crippen LogP contribution >= 0.6 is 11.6 Å². The lowest BCUT2D eigenvalue weighted by Gasteiger charge is -2.30. The highest BCUT2D eigenvalue weighted by Gasteiger charge is 2.24. The molecule has 1 aromatic heterocycles. The zero-order valence-electron chi connectivity index (χ0n) is 18.5. The van der Waals surface area contributed by atoms with Crippen molar-refractivity contribution in [3.05, 3.63) is 73.6 Å². The van der Waals surface area contributed by atoms with Gasteiger partial charge in [-0.15, -0.1) is 0 Å². The van der Waals surface area contributed by atoms with Crippen LogP contribution in [0.1, 0.15) is 41.2 Å². The van der Waals surface area contributed by atoms with Gasteiger partial charge in [-0.3, -0.25) is 9.69 Å². The maximum Gasteiger partial charge on any atom is 0.339 e. The number of benzene rings is 2. The fourth-order valence-corrected chi connectivity index (χ4v) is 4.45. The Morgan fingerprint density at radius 3 is 2.78 bits per heavy atom. The average molecular weight is 456 g/mol. The Hall–Kier alpha value is -2.83. The van der Waals surface area contributed by atoms with E-state index in [0.717, 1.165) is 33.4 Å². The van der Waals surface area contributed by atoms with Crippen LogP contribution in [-0.2, 0) is 29.0 Å². The third-order valence-corrected chi connectivity index (χ3v) is 6.03. The fraction of sp³-hybridized carbons (Fsp3) is 0.360. The normalized spacial score (nSPS) is 13.6. The number of halogens is 1. The topological polar surface area (TPSA) is 69.0 Å². The molecule has 0 saturated heterocycles. The second kappa shape index (κ2) is 9.35. The van der Waals surface area contributed by atoms with E-state index in [2.05, 4.69) is 4.90 Å². The van der Waals surface area contributed by atoms with Gasteiger partial charge in [-0.25, -0.2) is 4.79 Å². The van der Waals surface area contributed by atoms with Crippen molar-refractivity contribution in [1.29, 1.82) is 0 Å². The molecule has 0 bridgehead atoms. The maximum atomic E-state index is 12.6. The molecule has 0 saturated carbocycles. The first-order valence-electron chi connectivity index (χ1n) is 10.7. The van der Waals surface area contributed by atoms with Crippen LogP contribution in [0.3, 0.4) is 0 Å². The molecule has 0 aliphatic carbocycles. The number of fused-ring (bicyclic) bond motifs is 2. The average Bonchev–Trinajstić information content (AvgIpc) is 2.75. The SMILES string of the molecule is CCOC(=O)CCc1c(C)c2cc3c(c(C)c2oc1=O)OCN(Cc1cccc(Cl)c1)C3.